The van der Waals surface area contributed by atoms with Crippen LogP contribution in [0.5, 0.6) is 5.75 Å². The molecule has 0 fully saturated rings. The Morgan fingerprint density at radius 3 is 1.79 bits per heavy atom. The minimum absolute atomic E-state index is 0.000172. The van der Waals surface area contributed by atoms with Crippen molar-refractivity contribution < 1.29 is 43.3 Å². The maximum atomic E-state index is 14.3. The number of aromatic hydroxyl groups is 1. The van der Waals surface area contributed by atoms with Crippen molar-refractivity contribution >= 4 is 35.7 Å². The molecule has 3 rings (SSSR count). The van der Waals surface area contributed by atoms with Gasteiger partial charge in [-0.05, 0) is 75.8 Å². The SMILES string of the molecule is CC(C)C[C@H](NC(=O)[C@H](Cc1ccccc1)NC(=O)CN(C(=O)[C@H](Cc1ccc(O)cc1)NC(=O)OC(C)(C)C)C(=O)C(C)(C)N)C(=O)OCc1ccccc1. The zero-order valence-electron chi connectivity index (χ0n) is 33.2. The van der Waals surface area contributed by atoms with Gasteiger partial charge >= 0.3 is 12.1 Å². The quantitative estimate of drug-likeness (QED) is 0.125. The second-order valence-electron chi connectivity index (χ2n) is 15.6. The van der Waals surface area contributed by atoms with Crippen molar-refractivity contribution in [2.24, 2.45) is 11.7 Å². The van der Waals surface area contributed by atoms with Crippen LogP contribution >= 0.6 is 0 Å². The Labute approximate surface area is 328 Å². The average Bonchev–Trinajstić information content (AvgIpc) is 3.11. The number of benzene rings is 3. The molecule has 0 saturated heterocycles. The van der Waals surface area contributed by atoms with E-state index in [0.717, 1.165) is 5.56 Å². The molecule has 14 heteroatoms. The predicted molar refractivity (Wildman–Crippen MR) is 210 cm³/mol. The summed E-state index contributed by atoms with van der Waals surface area (Å²) in [5.41, 5.74) is 5.56. The lowest BCUT2D eigenvalue weighted by atomic mass is 10.0. The first-order valence-electron chi connectivity index (χ1n) is 18.5. The van der Waals surface area contributed by atoms with E-state index in [9.17, 15) is 33.9 Å². The van der Waals surface area contributed by atoms with E-state index in [1.807, 2.05) is 44.2 Å². The smallest absolute Gasteiger partial charge is 0.408 e. The van der Waals surface area contributed by atoms with Crippen LogP contribution in [-0.2, 0) is 52.9 Å². The number of nitrogens with one attached hydrogen (secondary N) is 3. The molecule has 56 heavy (non-hydrogen) atoms. The number of imide groups is 1. The number of alkyl carbamates (subject to hydrolysis) is 1. The summed E-state index contributed by atoms with van der Waals surface area (Å²) in [4.78, 5) is 82.7. The van der Waals surface area contributed by atoms with Crippen molar-refractivity contribution in [3.05, 3.63) is 102 Å². The van der Waals surface area contributed by atoms with E-state index >= 15 is 0 Å². The molecule has 3 aromatic carbocycles. The van der Waals surface area contributed by atoms with Gasteiger partial charge < -0.3 is 36.3 Å². The number of carbonyl (C=O) groups excluding carboxylic acids is 6. The number of phenolic OH excluding ortho intramolecular Hbond substituents is 1. The van der Waals surface area contributed by atoms with Crippen molar-refractivity contribution in [2.75, 3.05) is 6.54 Å². The Bertz CT molecular complexity index is 1790. The molecule has 0 aliphatic carbocycles. The van der Waals surface area contributed by atoms with Gasteiger partial charge in [0.05, 0.1) is 5.54 Å². The van der Waals surface area contributed by atoms with Gasteiger partial charge in [-0.2, -0.15) is 0 Å². The van der Waals surface area contributed by atoms with Crippen LogP contribution in [-0.4, -0.2) is 81.5 Å². The molecule has 0 aliphatic heterocycles. The first-order valence-corrected chi connectivity index (χ1v) is 18.5. The van der Waals surface area contributed by atoms with Crippen LogP contribution in [0.15, 0.2) is 84.9 Å². The molecule has 0 unspecified atom stereocenters. The van der Waals surface area contributed by atoms with E-state index in [-0.39, 0.29) is 37.5 Å². The van der Waals surface area contributed by atoms with Crippen LogP contribution < -0.4 is 21.7 Å². The van der Waals surface area contributed by atoms with E-state index in [1.54, 1.807) is 51.1 Å². The Morgan fingerprint density at radius 1 is 0.714 bits per heavy atom. The minimum atomic E-state index is -1.64. The summed E-state index contributed by atoms with van der Waals surface area (Å²) >= 11 is 0. The highest BCUT2D eigenvalue weighted by molar-refractivity contribution is 6.05. The lowest BCUT2D eigenvalue weighted by Crippen LogP contribution is -2.61. The van der Waals surface area contributed by atoms with Crippen molar-refractivity contribution in [3.63, 3.8) is 0 Å². The van der Waals surface area contributed by atoms with Gasteiger partial charge in [-0.3, -0.25) is 24.1 Å². The van der Waals surface area contributed by atoms with Crippen molar-refractivity contribution in [2.45, 2.75) is 104 Å². The van der Waals surface area contributed by atoms with E-state index in [0.29, 0.717) is 16.0 Å². The van der Waals surface area contributed by atoms with Crippen LogP contribution in [0.4, 0.5) is 4.79 Å². The molecule has 0 aromatic heterocycles. The first-order chi connectivity index (χ1) is 26.2. The number of carbonyl (C=O) groups is 6. The molecule has 5 amide bonds. The third-order valence-corrected chi connectivity index (χ3v) is 8.20. The van der Waals surface area contributed by atoms with Crippen molar-refractivity contribution in [1.29, 1.82) is 0 Å². The second kappa shape index (κ2) is 20.2. The zero-order chi connectivity index (χ0) is 41.6. The highest BCUT2D eigenvalue weighted by atomic mass is 16.6. The molecular formula is C42H55N5O9. The molecule has 0 bridgehead atoms. The summed E-state index contributed by atoms with van der Waals surface area (Å²) in [5, 5.41) is 17.7. The number of esters is 1. The molecule has 3 aromatic rings. The van der Waals surface area contributed by atoms with Gasteiger partial charge in [-0.15, -0.1) is 0 Å². The van der Waals surface area contributed by atoms with Crippen molar-refractivity contribution in [3.8, 4) is 5.75 Å². The largest absolute Gasteiger partial charge is 0.508 e. The summed E-state index contributed by atoms with van der Waals surface area (Å²) in [6, 6.07) is 20.1. The summed E-state index contributed by atoms with van der Waals surface area (Å²) < 4.78 is 10.9. The number of phenols is 1. The summed E-state index contributed by atoms with van der Waals surface area (Å²) in [6.07, 6.45) is -0.845. The standard InChI is InChI=1S/C42H55N5O9/c1-27(2)22-34(38(52)55-26-30-16-12-9-13-17-30)45-36(50)32(23-28-14-10-8-11-15-28)44-35(49)25-47(39(53)42(6,7)43)37(51)33(46-40(54)56-41(3,4)5)24-29-18-20-31(48)21-19-29/h8-21,27,32-34,48H,22-26,43H2,1-7H3,(H,44,49)(H,45,50)(H,46,54)/t32-,33-,34-/m0/s1. The molecule has 6 N–H and O–H groups in total. The molecule has 302 valence electrons. The van der Waals surface area contributed by atoms with Crippen molar-refractivity contribution in [1.82, 2.24) is 20.9 Å². The predicted octanol–water partition coefficient (Wildman–Crippen LogP) is 3.92. The normalized spacial score (nSPS) is 13.1. The summed E-state index contributed by atoms with van der Waals surface area (Å²) in [5.74, 6) is -4.16. The number of ether oxygens (including phenoxy) is 2. The minimum Gasteiger partial charge on any atom is -0.508 e. The van der Waals surface area contributed by atoms with Gasteiger partial charge in [0.1, 0.15) is 42.6 Å². The number of nitrogens with zero attached hydrogens (tertiary/aromatic N) is 1. The van der Waals surface area contributed by atoms with Gasteiger partial charge in [-0.25, -0.2) is 9.59 Å². The number of nitrogens with two attached hydrogens (primary N) is 1. The summed E-state index contributed by atoms with van der Waals surface area (Å²) in [6.45, 7) is 10.6. The van der Waals surface area contributed by atoms with Crippen LogP contribution in [0.1, 0.15) is 71.6 Å². The monoisotopic (exact) mass is 773 g/mol. The molecule has 3 atom stereocenters. The van der Waals surface area contributed by atoms with Crippen LogP contribution in [0.3, 0.4) is 0 Å². The molecule has 0 saturated carbocycles. The van der Waals surface area contributed by atoms with Crippen LogP contribution in [0.25, 0.3) is 0 Å². The third-order valence-electron chi connectivity index (χ3n) is 8.20. The molecular weight excluding hydrogens is 718 g/mol. The number of rotatable bonds is 17. The molecule has 0 heterocycles. The van der Waals surface area contributed by atoms with E-state index < -0.39 is 71.5 Å². The number of hydrogen-bond donors (Lipinski definition) is 5. The highest BCUT2D eigenvalue weighted by Crippen LogP contribution is 2.16. The molecule has 0 radical (unpaired) electrons. The topological polar surface area (TPSA) is 206 Å². The third kappa shape index (κ3) is 15.2. The van der Waals surface area contributed by atoms with Crippen LogP contribution in [0.2, 0.25) is 0 Å². The highest BCUT2D eigenvalue weighted by Gasteiger charge is 2.38. The van der Waals surface area contributed by atoms with Gasteiger partial charge in [0.2, 0.25) is 17.7 Å². The average molecular weight is 774 g/mol. The lowest BCUT2D eigenvalue weighted by molar-refractivity contribution is -0.152. The van der Waals surface area contributed by atoms with Crippen LogP contribution in [0, 0.1) is 5.92 Å². The van der Waals surface area contributed by atoms with Gasteiger partial charge in [0.15, 0.2) is 0 Å². The van der Waals surface area contributed by atoms with E-state index in [1.165, 1.54) is 38.1 Å². The zero-order valence-corrected chi connectivity index (χ0v) is 33.2. The fourth-order valence-electron chi connectivity index (χ4n) is 5.53. The Morgan fingerprint density at radius 2 is 1.25 bits per heavy atom. The molecule has 0 aliphatic rings. The number of hydrogen-bond acceptors (Lipinski definition) is 10. The fourth-order valence-corrected chi connectivity index (χ4v) is 5.53. The second-order valence-corrected chi connectivity index (χ2v) is 15.6. The first kappa shape index (κ1) is 44.6. The van der Waals surface area contributed by atoms with Gasteiger partial charge in [0.25, 0.3) is 5.91 Å². The Balaban J connectivity index is 1.91. The van der Waals surface area contributed by atoms with Gasteiger partial charge in [-0.1, -0.05) is 86.6 Å². The van der Waals surface area contributed by atoms with E-state index in [4.69, 9.17) is 15.2 Å². The Hall–Kier alpha value is -5.76. The van der Waals surface area contributed by atoms with Gasteiger partial charge in [0, 0.05) is 12.8 Å². The van der Waals surface area contributed by atoms with E-state index in [2.05, 4.69) is 16.0 Å². The molecule has 14 nitrogen and oxygen atoms in total. The number of amides is 5. The Kier molecular flexibility index (Phi) is 16.1. The maximum Gasteiger partial charge on any atom is 0.408 e. The lowest BCUT2D eigenvalue weighted by Gasteiger charge is -2.31. The maximum absolute atomic E-state index is 14.3. The molecule has 0 spiro atoms. The fraction of sp³-hybridized carbons (Fsp3) is 0.429. The summed E-state index contributed by atoms with van der Waals surface area (Å²) in [7, 11) is 0.